The van der Waals surface area contributed by atoms with Crippen LogP contribution >= 0.6 is 22.7 Å². The number of amides is 1. The third-order valence-corrected chi connectivity index (χ3v) is 6.06. The first-order valence-electron chi connectivity index (χ1n) is 8.47. The van der Waals surface area contributed by atoms with Gasteiger partial charge in [-0.25, -0.2) is 15.0 Å². The first kappa shape index (κ1) is 16.8. The van der Waals surface area contributed by atoms with Gasteiger partial charge in [-0.1, -0.05) is 18.2 Å². The number of rotatable bonds is 4. The van der Waals surface area contributed by atoms with Gasteiger partial charge < -0.3 is 5.32 Å². The van der Waals surface area contributed by atoms with E-state index in [1.165, 1.54) is 11.3 Å². The number of fused-ring (bicyclic) bond motifs is 1. The molecule has 0 bridgehead atoms. The molecule has 0 fully saturated rings. The van der Waals surface area contributed by atoms with Crippen molar-refractivity contribution < 1.29 is 4.79 Å². The Labute approximate surface area is 168 Å². The number of aromatic nitrogens is 4. The second kappa shape index (κ2) is 6.99. The summed E-state index contributed by atoms with van der Waals surface area (Å²) in [6.45, 7) is 0. The van der Waals surface area contributed by atoms with Crippen LogP contribution in [0.5, 0.6) is 0 Å². The molecule has 0 radical (unpaired) electrons. The van der Waals surface area contributed by atoms with Gasteiger partial charge in [0.15, 0.2) is 0 Å². The lowest BCUT2D eigenvalue weighted by molar-refractivity contribution is 0.102. The van der Waals surface area contributed by atoms with E-state index >= 15 is 0 Å². The van der Waals surface area contributed by atoms with Crippen molar-refractivity contribution in [3.8, 4) is 15.7 Å². The van der Waals surface area contributed by atoms with Crippen LogP contribution in [0.3, 0.4) is 0 Å². The number of nitrogens with zero attached hydrogens (tertiary/aromatic N) is 4. The molecular formula is C20H13N5OS2. The average molecular weight is 403 g/mol. The zero-order chi connectivity index (χ0) is 18.9. The molecule has 5 aromatic rings. The van der Waals surface area contributed by atoms with E-state index in [0.717, 1.165) is 26.7 Å². The summed E-state index contributed by atoms with van der Waals surface area (Å²) in [5.41, 5.74) is 2.91. The SMILES string of the molecule is O=C(Nc1ccc(-n2cnc3ccccc32)nc1)c1csc(-c2cccs2)n1. The maximum atomic E-state index is 12.5. The lowest BCUT2D eigenvalue weighted by Crippen LogP contribution is -2.12. The molecule has 136 valence electrons. The number of pyridine rings is 1. The van der Waals surface area contributed by atoms with E-state index in [1.807, 2.05) is 58.5 Å². The zero-order valence-corrected chi connectivity index (χ0v) is 16.1. The lowest BCUT2D eigenvalue weighted by atomic mass is 10.3. The molecule has 8 heteroatoms. The fraction of sp³-hybridized carbons (Fsp3) is 0. The van der Waals surface area contributed by atoms with Crippen LogP contribution < -0.4 is 5.32 Å². The third kappa shape index (κ3) is 3.08. The zero-order valence-electron chi connectivity index (χ0n) is 14.4. The van der Waals surface area contributed by atoms with E-state index in [9.17, 15) is 4.79 Å². The minimum absolute atomic E-state index is 0.248. The highest BCUT2D eigenvalue weighted by molar-refractivity contribution is 7.20. The van der Waals surface area contributed by atoms with E-state index in [-0.39, 0.29) is 5.91 Å². The minimum atomic E-state index is -0.248. The van der Waals surface area contributed by atoms with E-state index in [0.29, 0.717) is 11.4 Å². The summed E-state index contributed by atoms with van der Waals surface area (Å²) in [6, 6.07) is 15.5. The molecule has 1 amide bonds. The Hall–Kier alpha value is -3.36. The normalized spacial score (nSPS) is 11.0. The molecular weight excluding hydrogens is 390 g/mol. The predicted octanol–water partition coefficient (Wildman–Crippen LogP) is 4.86. The van der Waals surface area contributed by atoms with Crippen molar-refractivity contribution in [1.82, 2.24) is 19.5 Å². The summed E-state index contributed by atoms with van der Waals surface area (Å²) in [6.07, 6.45) is 3.38. The van der Waals surface area contributed by atoms with Crippen molar-refractivity contribution >= 4 is 45.3 Å². The number of hydrogen-bond donors (Lipinski definition) is 1. The highest BCUT2D eigenvalue weighted by Gasteiger charge is 2.13. The minimum Gasteiger partial charge on any atom is -0.319 e. The lowest BCUT2D eigenvalue weighted by Gasteiger charge is -2.06. The van der Waals surface area contributed by atoms with Gasteiger partial charge in [-0.15, -0.1) is 22.7 Å². The molecule has 4 heterocycles. The fourth-order valence-electron chi connectivity index (χ4n) is 2.83. The monoisotopic (exact) mass is 403 g/mol. The number of thiophene rings is 1. The number of nitrogens with one attached hydrogen (secondary N) is 1. The molecule has 0 spiro atoms. The summed E-state index contributed by atoms with van der Waals surface area (Å²) in [4.78, 5) is 26.8. The van der Waals surface area contributed by atoms with Gasteiger partial charge in [0.05, 0.1) is 27.8 Å². The van der Waals surface area contributed by atoms with Gasteiger partial charge in [0.2, 0.25) is 0 Å². The molecule has 0 saturated heterocycles. The second-order valence-corrected chi connectivity index (χ2v) is 7.78. The number of carbonyl (C=O) groups excluding carboxylic acids is 1. The quantitative estimate of drug-likeness (QED) is 0.465. The van der Waals surface area contributed by atoms with Crippen LogP contribution in [0.25, 0.3) is 26.7 Å². The highest BCUT2D eigenvalue weighted by atomic mass is 32.1. The van der Waals surface area contributed by atoms with Crippen LogP contribution in [0.4, 0.5) is 5.69 Å². The maximum Gasteiger partial charge on any atom is 0.275 e. The Morgan fingerprint density at radius 1 is 1.00 bits per heavy atom. The van der Waals surface area contributed by atoms with Crippen molar-refractivity contribution in [2.45, 2.75) is 0 Å². The van der Waals surface area contributed by atoms with Crippen molar-refractivity contribution in [1.29, 1.82) is 0 Å². The molecule has 1 N–H and O–H groups in total. The van der Waals surface area contributed by atoms with Gasteiger partial charge in [-0.2, -0.15) is 0 Å². The van der Waals surface area contributed by atoms with Crippen LogP contribution in [-0.4, -0.2) is 25.4 Å². The molecule has 4 aromatic heterocycles. The molecule has 1 aromatic carbocycles. The van der Waals surface area contributed by atoms with Gasteiger partial charge in [0.1, 0.15) is 22.8 Å². The third-order valence-electron chi connectivity index (χ3n) is 4.17. The summed E-state index contributed by atoms with van der Waals surface area (Å²) in [5.74, 6) is 0.488. The number of anilines is 1. The molecule has 5 rings (SSSR count). The van der Waals surface area contributed by atoms with Gasteiger partial charge in [-0.05, 0) is 35.7 Å². The molecule has 0 aliphatic carbocycles. The molecule has 0 aliphatic heterocycles. The Kier molecular flexibility index (Phi) is 4.19. The number of benzene rings is 1. The van der Waals surface area contributed by atoms with E-state index in [2.05, 4.69) is 20.3 Å². The predicted molar refractivity (Wildman–Crippen MR) is 112 cm³/mol. The van der Waals surface area contributed by atoms with Gasteiger partial charge in [0, 0.05) is 5.38 Å². The van der Waals surface area contributed by atoms with Crippen molar-refractivity contribution in [2.24, 2.45) is 0 Å². The fourth-order valence-corrected chi connectivity index (χ4v) is 4.45. The summed E-state index contributed by atoms with van der Waals surface area (Å²) < 4.78 is 1.91. The first-order valence-corrected chi connectivity index (χ1v) is 10.2. The standard InChI is InChI=1S/C20H13N5OS2/c26-19(15-11-28-20(24-15)17-6-3-9-27-17)23-13-7-8-18(21-10-13)25-12-22-14-4-1-2-5-16(14)25/h1-12H,(H,23,26). The first-order chi connectivity index (χ1) is 13.8. The number of imidazole rings is 1. The molecule has 0 saturated carbocycles. The molecule has 0 atom stereocenters. The van der Waals surface area contributed by atoms with Crippen LogP contribution in [-0.2, 0) is 0 Å². The second-order valence-electron chi connectivity index (χ2n) is 5.98. The van der Waals surface area contributed by atoms with E-state index in [4.69, 9.17) is 0 Å². The van der Waals surface area contributed by atoms with Crippen molar-refractivity contribution in [2.75, 3.05) is 5.32 Å². The van der Waals surface area contributed by atoms with Crippen LogP contribution in [0, 0.1) is 0 Å². The number of para-hydroxylation sites is 2. The Bertz CT molecular complexity index is 1260. The topological polar surface area (TPSA) is 72.7 Å². The molecule has 6 nitrogen and oxygen atoms in total. The Morgan fingerprint density at radius 2 is 1.93 bits per heavy atom. The average Bonchev–Trinajstić information content (AvgIpc) is 3.48. The van der Waals surface area contributed by atoms with E-state index in [1.54, 1.807) is 29.2 Å². The number of hydrogen-bond acceptors (Lipinski definition) is 6. The molecule has 0 unspecified atom stereocenters. The summed E-state index contributed by atoms with van der Waals surface area (Å²) >= 11 is 3.07. The highest BCUT2D eigenvalue weighted by Crippen LogP contribution is 2.28. The smallest absolute Gasteiger partial charge is 0.275 e. The van der Waals surface area contributed by atoms with Gasteiger partial charge in [-0.3, -0.25) is 9.36 Å². The maximum absolute atomic E-state index is 12.5. The molecule has 28 heavy (non-hydrogen) atoms. The van der Waals surface area contributed by atoms with Crippen LogP contribution in [0.2, 0.25) is 0 Å². The Morgan fingerprint density at radius 3 is 2.75 bits per heavy atom. The van der Waals surface area contributed by atoms with Gasteiger partial charge >= 0.3 is 0 Å². The van der Waals surface area contributed by atoms with E-state index < -0.39 is 0 Å². The Balaban J connectivity index is 1.34. The number of thiazole rings is 1. The summed E-state index contributed by atoms with van der Waals surface area (Å²) in [7, 11) is 0. The van der Waals surface area contributed by atoms with Crippen LogP contribution in [0.1, 0.15) is 10.5 Å². The van der Waals surface area contributed by atoms with Gasteiger partial charge in [0.25, 0.3) is 5.91 Å². The number of carbonyl (C=O) groups is 1. The molecule has 0 aliphatic rings. The van der Waals surface area contributed by atoms with Crippen molar-refractivity contribution in [3.05, 3.63) is 77.5 Å². The van der Waals surface area contributed by atoms with Crippen LogP contribution in [0.15, 0.2) is 71.8 Å². The van der Waals surface area contributed by atoms with Crippen molar-refractivity contribution in [3.63, 3.8) is 0 Å². The summed E-state index contributed by atoms with van der Waals surface area (Å²) in [5, 5.41) is 7.46. The largest absolute Gasteiger partial charge is 0.319 e.